The number of pyridine rings is 2. The van der Waals surface area contributed by atoms with Crippen molar-refractivity contribution < 1.29 is 35.1 Å². The second-order valence-electron chi connectivity index (χ2n) is 5.79. The summed E-state index contributed by atoms with van der Waals surface area (Å²) in [6.07, 6.45) is 3.95. The van der Waals surface area contributed by atoms with Crippen molar-refractivity contribution in [1.82, 2.24) is 0 Å². The average Bonchev–Trinajstić information content (AvgIpc) is 2.54. The smallest absolute Gasteiger partial charge is 0.277 e. The van der Waals surface area contributed by atoms with E-state index < -0.39 is 31.7 Å². The summed E-state index contributed by atoms with van der Waals surface area (Å²) < 4.78 is 68.4. The van der Waals surface area contributed by atoms with Crippen LogP contribution in [0.5, 0.6) is 0 Å². The molecule has 0 aromatic carbocycles. The first-order chi connectivity index (χ1) is 12.2. The van der Waals surface area contributed by atoms with E-state index in [4.69, 9.17) is 0 Å². The minimum Gasteiger partial charge on any atom is -0.748 e. The third-order valence-corrected chi connectivity index (χ3v) is 5.31. The Labute approximate surface area is 153 Å². The van der Waals surface area contributed by atoms with Crippen LogP contribution in [-0.2, 0) is 33.3 Å². The Kier molecular flexibility index (Phi) is 6.81. The Morgan fingerprint density at radius 2 is 1.08 bits per heavy atom. The number of aromatic nitrogens is 2. The van der Waals surface area contributed by atoms with Crippen LogP contribution in [0.15, 0.2) is 48.8 Å². The Hall–Kier alpha value is -1.88. The lowest BCUT2D eigenvalue weighted by molar-refractivity contribution is -0.714. The first-order valence-electron chi connectivity index (χ1n) is 8.00. The van der Waals surface area contributed by atoms with E-state index in [1.165, 1.54) is 0 Å². The van der Waals surface area contributed by atoms with Crippen LogP contribution in [-0.4, -0.2) is 37.4 Å². The van der Waals surface area contributed by atoms with Crippen molar-refractivity contribution in [3.63, 3.8) is 0 Å². The van der Waals surface area contributed by atoms with E-state index in [2.05, 4.69) is 0 Å². The van der Waals surface area contributed by atoms with Crippen LogP contribution >= 0.6 is 0 Å². The summed E-state index contributed by atoms with van der Waals surface area (Å²) in [6, 6.07) is 11.0. The Morgan fingerprint density at radius 3 is 1.42 bits per heavy atom. The molecule has 8 nitrogen and oxygen atoms in total. The summed E-state index contributed by atoms with van der Waals surface area (Å²) in [5, 5.41) is 0. The zero-order valence-electron chi connectivity index (χ0n) is 14.0. The lowest BCUT2D eigenvalue weighted by Crippen LogP contribution is -2.43. The van der Waals surface area contributed by atoms with E-state index in [0.29, 0.717) is 13.1 Å². The van der Waals surface area contributed by atoms with Gasteiger partial charge in [0, 0.05) is 48.6 Å². The maximum absolute atomic E-state index is 10.8. The third kappa shape index (κ3) is 6.79. The Balaban J connectivity index is 2.23. The molecule has 142 valence electrons. The first-order valence-corrected chi connectivity index (χ1v) is 11.2. The van der Waals surface area contributed by atoms with Gasteiger partial charge in [0.1, 0.15) is 13.1 Å². The maximum Gasteiger partial charge on any atom is 0.277 e. The first kappa shape index (κ1) is 20.4. The topological polar surface area (TPSA) is 122 Å². The molecule has 2 rings (SSSR count). The van der Waals surface area contributed by atoms with Gasteiger partial charge in [0.25, 0.3) is 11.4 Å². The molecule has 0 aliphatic rings. The standard InChI is InChI=1S/C16H20N2O6S2/c19-25(20,21)13-5-11-17-9-3-1-7-15(17)16-8-2-4-10-18(16)12-6-14-26(22,23)24/h1-4,7-10H,5-6,11-14H2. The van der Waals surface area contributed by atoms with Gasteiger partial charge >= 0.3 is 0 Å². The fourth-order valence-electron chi connectivity index (χ4n) is 2.63. The highest BCUT2D eigenvalue weighted by Crippen LogP contribution is 2.10. The normalized spacial score (nSPS) is 12.2. The van der Waals surface area contributed by atoms with Crippen LogP contribution in [0.2, 0.25) is 0 Å². The molecule has 0 saturated heterocycles. The molecule has 0 amide bonds. The molecular weight excluding hydrogens is 380 g/mol. The Bertz CT molecular complexity index is 879. The van der Waals surface area contributed by atoms with Gasteiger partial charge in [0.2, 0.25) is 0 Å². The van der Waals surface area contributed by atoms with Crippen LogP contribution in [0.4, 0.5) is 0 Å². The average molecular weight is 400 g/mol. The van der Waals surface area contributed by atoms with E-state index in [1.54, 1.807) is 24.5 Å². The SMILES string of the molecule is O=S(=O)([O-])CCC[n+]1ccccc1-c1cccc[n+]1CCCS(=O)(=O)[O-]. The van der Waals surface area contributed by atoms with Crippen molar-refractivity contribution >= 4 is 20.2 Å². The van der Waals surface area contributed by atoms with Crippen molar-refractivity contribution in [1.29, 1.82) is 0 Å². The van der Waals surface area contributed by atoms with E-state index in [0.717, 1.165) is 11.4 Å². The van der Waals surface area contributed by atoms with Gasteiger partial charge < -0.3 is 9.11 Å². The second kappa shape index (κ2) is 8.67. The molecule has 0 fully saturated rings. The van der Waals surface area contributed by atoms with Gasteiger partial charge in [-0.25, -0.2) is 16.8 Å². The summed E-state index contributed by atoms with van der Waals surface area (Å²) in [4.78, 5) is 0. The molecule has 26 heavy (non-hydrogen) atoms. The lowest BCUT2D eigenvalue weighted by atomic mass is 10.2. The molecule has 2 aromatic rings. The molecular formula is C16H20N2O6S2. The van der Waals surface area contributed by atoms with Crippen molar-refractivity contribution in [2.45, 2.75) is 25.9 Å². The molecule has 0 saturated carbocycles. The molecule has 0 atom stereocenters. The number of aryl methyl sites for hydroxylation is 2. The predicted octanol–water partition coefficient (Wildman–Crippen LogP) is -0.201. The van der Waals surface area contributed by atoms with Gasteiger partial charge in [-0.3, -0.25) is 0 Å². The van der Waals surface area contributed by atoms with Crippen LogP contribution in [0.25, 0.3) is 11.4 Å². The number of rotatable bonds is 9. The molecule has 10 heteroatoms. The molecule has 0 spiro atoms. The second-order valence-corrected chi connectivity index (χ2v) is 8.84. The van der Waals surface area contributed by atoms with Crippen molar-refractivity contribution in [3.05, 3.63) is 48.8 Å². The summed E-state index contributed by atoms with van der Waals surface area (Å²) in [7, 11) is -8.52. The van der Waals surface area contributed by atoms with Crippen LogP contribution in [0.1, 0.15) is 12.8 Å². The van der Waals surface area contributed by atoms with Gasteiger partial charge in [-0.2, -0.15) is 9.13 Å². The molecule has 2 heterocycles. The highest BCUT2D eigenvalue weighted by molar-refractivity contribution is 7.85. The summed E-state index contributed by atoms with van der Waals surface area (Å²) in [5.74, 6) is -0.880. The van der Waals surface area contributed by atoms with Crippen LogP contribution in [0.3, 0.4) is 0 Å². The molecule has 2 aromatic heterocycles. The monoisotopic (exact) mass is 400 g/mol. The summed E-state index contributed by atoms with van der Waals surface area (Å²) >= 11 is 0. The van der Waals surface area contributed by atoms with Crippen LogP contribution in [0, 0.1) is 0 Å². The summed E-state index contributed by atoms with van der Waals surface area (Å²) in [6.45, 7) is 0.697. The third-order valence-electron chi connectivity index (χ3n) is 3.73. The highest BCUT2D eigenvalue weighted by atomic mass is 32.2. The minimum absolute atomic E-state index is 0.189. The van der Waals surface area contributed by atoms with E-state index in [1.807, 2.05) is 33.4 Å². The zero-order valence-corrected chi connectivity index (χ0v) is 15.7. The maximum atomic E-state index is 10.8. The van der Waals surface area contributed by atoms with Gasteiger partial charge in [0.05, 0.1) is 20.2 Å². The largest absolute Gasteiger partial charge is 0.748 e. The highest BCUT2D eigenvalue weighted by Gasteiger charge is 2.21. The number of hydrogen-bond acceptors (Lipinski definition) is 6. The number of nitrogens with zero attached hydrogens (tertiary/aromatic N) is 2. The fraction of sp³-hybridized carbons (Fsp3) is 0.375. The van der Waals surface area contributed by atoms with E-state index in [9.17, 15) is 25.9 Å². The number of hydrogen-bond donors (Lipinski definition) is 0. The van der Waals surface area contributed by atoms with E-state index >= 15 is 0 Å². The van der Waals surface area contributed by atoms with Crippen molar-refractivity contribution in [2.75, 3.05) is 11.5 Å². The van der Waals surface area contributed by atoms with E-state index in [-0.39, 0.29) is 12.8 Å². The molecule has 0 N–H and O–H groups in total. The molecule has 0 bridgehead atoms. The summed E-state index contributed by atoms with van der Waals surface area (Å²) in [5.41, 5.74) is 1.59. The quantitative estimate of drug-likeness (QED) is 0.424. The minimum atomic E-state index is -4.26. The van der Waals surface area contributed by atoms with Gasteiger partial charge in [0.15, 0.2) is 12.4 Å². The van der Waals surface area contributed by atoms with Crippen molar-refractivity contribution in [2.24, 2.45) is 0 Å². The molecule has 0 aliphatic carbocycles. The molecule has 0 unspecified atom stereocenters. The van der Waals surface area contributed by atoms with Gasteiger partial charge in [-0.05, 0) is 12.1 Å². The zero-order chi connectivity index (χ0) is 19.2. The molecule has 0 radical (unpaired) electrons. The van der Waals surface area contributed by atoms with Gasteiger partial charge in [-0.1, -0.05) is 0 Å². The van der Waals surface area contributed by atoms with Crippen LogP contribution < -0.4 is 9.13 Å². The Morgan fingerprint density at radius 1 is 0.692 bits per heavy atom. The lowest BCUT2D eigenvalue weighted by Gasteiger charge is -2.08. The van der Waals surface area contributed by atoms with Gasteiger partial charge in [-0.15, -0.1) is 0 Å². The fourth-order valence-corrected chi connectivity index (χ4v) is 3.60. The van der Waals surface area contributed by atoms with Crippen molar-refractivity contribution in [3.8, 4) is 11.4 Å². The molecule has 0 aliphatic heterocycles. The predicted molar refractivity (Wildman–Crippen MR) is 90.6 cm³/mol.